The number of nitrogens with zero attached hydrogens (tertiary/aromatic N) is 1. The minimum Gasteiger partial charge on any atom is -0.478 e. The predicted molar refractivity (Wildman–Crippen MR) is 75.7 cm³/mol. The molecule has 1 fully saturated rings. The predicted octanol–water partition coefficient (Wildman–Crippen LogP) is 0.541. The van der Waals surface area contributed by atoms with Gasteiger partial charge >= 0.3 is 5.97 Å². The molecule has 1 aliphatic rings. The largest absolute Gasteiger partial charge is 0.478 e. The fourth-order valence-electron chi connectivity index (χ4n) is 2.28. The molecule has 7 heteroatoms. The van der Waals surface area contributed by atoms with Gasteiger partial charge in [0, 0.05) is 13.0 Å². The van der Waals surface area contributed by atoms with Crippen LogP contribution in [0.3, 0.4) is 0 Å². The summed E-state index contributed by atoms with van der Waals surface area (Å²) in [5.41, 5.74) is -0.123. The molecule has 1 aromatic carbocycles. The van der Waals surface area contributed by atoms with E-state index in [4.69, 9.17) is 5.26 Å². The number of aromatic carboxylic acids is 1. The molecule has 2 rings (SSSR count). The number of nitriles is 1. The Morgan fingerprint density at radius 1 is 1.50 bits per heavy atom. The second kappa shape index (κ2) is 5.95. The Morgan fingerprint density at radius 2 is 2.23 bits per heavy atom. The maximum absolute atomic E-state index is 11.9. The number of carbonyl (C=O) groups excluding carboxylic acids is 2. The van der Waals surface area contributed by atoms with Crippen LogP contribution in [-0.4, -0.2) is 28.4 Å². The highest BCUT2D eigenvalue weighted by molar-refractivity contribution is 6.02. The molecule has 1 heterocycles. The summed E-state index contributed by atoms with van der Waals surface area (Å²) in [5, 5.41) is 23.3. The number of nitrogens with one attached hydrogen (secondary N) is 2. The maximum Gasteiger partial charge on any atom is 0.336 e. The van der Waals surface area contributed by atoms with Gasteiger partial charge in [-0.1, -0.05) is 0 Å². The molecule has 2 amide bonds. The highest BCUT2D eigenvalue weighted by Gasteiger charge is 2.38. The molecule has 1 aliphatic heterocycles. The van der Waals surface area contributed by atoms with Crippen LogP contribution in [0.5, 0.6) is 0 Å². The lowest BCUT2D eigenvalue weighted by Crippen LogP contribution is -2.59. The summed E-state index contributed by atoms with van der Waals surface area (Å²) in [6, 6.07) is 6.23. The lowest BCUT2D eigenvalue weighted by Gasteiger charge is -2.32. The van der Waals surface area contributed by atoms with Gasteiger partial charge in [0.05, 0.1) is 22.7 Å². The zero-order chi connectivity index (χ0) is 16.3. The molecule has 0 saturated carbocycles. The van der Waals surface area contributed by atoms with Crippen molar-refractivity contribution < 1.29 is 19.5 Å². The maximum atomic E-state index is 11.9. The van der Waals surface area contributed by atoms with Gasteiger partial charge in [-0.25, -0.2) is 4.79 Å². The summed E-state index contributed by atoms with van der Waals surface area (Å²) >= 11 is 0. The average Bonchev–Trinajstić information content (AvgIpc) is 2.49. The molecule has 0 aliphatic carbocycles. The van der Waals surface area contributed by atoms with Crippen LogP contribution in [0, 0.1) is 11.3 Å². The lowest BCUT2D eigenvalue weighted by molar-refractivity contribution is -0.138. The Hall–Kier alpha value is -2.72. The van der Waals surface area contributed by atoms with Crippen LogP contribution < -0.4 is 10.6 Å². The van der Waals surface area contributed by atoms with Crippen LogP contribution in [0.4, 0.5) is 0 Å². The van der Waals surface area contributed by atoms with Gasteiger partial charge in [-0.15, -0.1) is 0 Å². The first kappa shape index (κ1) is 15.7. The first-order valence-electron chi connectivity index (χ1n) is 6.71. The number of piperidine rings is 1. The number of imide groups is 1. The van der Waals surface area contributed by atoms with Crippen molar-refractivity contribution >= 4 is 17.8 Å². The van der Waals surface area contributed by atoms with Crippen LogP contribution in [0.15, 0.2) is 18.2 Å². The van der Waals surface area contributed by atoms with Crippen molar-refractivity contribution in [3.05, 3.63) is 34.9 Å². The minimum absolute atomic E-state index is 0.0717. The van der Waals surface area contributed by atoms with Crippen molar-refractivity contribution in [2.24, 2.45) is 0 Å². The van der Waals surface area contributed by atoms with Crippen LogP contribution >= 0.6 is 0 Å². The second-order valence-electron chi connectivity index (χ2n) is 5.35. The zero-order valence-electron chi connectivity index (χ0n) is 12.0. The van der Waals surface area contributed by atoms with E-state index in [1.54, 1.807) is 6.92 Å². The molecule has 114 valence electrons. The minimum atomic E-state index is -1.10. The Bertz CT molecular complexity index is 693. The third-order valence-electron chi connectivity index (χ3n) is 3.74. The number of benzene rings is 1. The highest BCUT2D eigenvalue weighted by atomic mass is 16.4. The normalized spacial score (nSPS) is 21.1. The first-order valence-corrected chi connectivity index (χ1v) is 6.71. The van der Waals surface area contributed by atoms with E-state index in [1.807, 2.05) is 6.07 Å². The summed E-state index contributed by atoms with van der Waals surface area (Å²) < 4.78 is 0. The zero-order valence-corrected chi connectivity index (χ0v) is 12.0. The number of carboxylic acid groups (broad SMARTS) is 1. The van der Waals surface area contributed by atoms with Crippen molar-refractivity contribution in [3.8, 4) is 6.07 Å². The van der Waals surface area contributed by atoms with Crippen molar-refractivity contribution in [2.75, 3.05) is 0 Å². The van der Waals surface area contributed by atoms with Gasteiger partial charge in [-0.3, -0.25) is 20.2 Å². The van der Waals surface area contributed by atoms with E-state index in [0.717, 1.165) is 0 Å². The fraction of sp³-hybridized carbons (Fsp3) is 0.333. The smallest absolute Gasteiger partial charge is 0.336 e. The van der Waals surface area contributed by atoms with Gasteiger partial charge in [-0.2, -0.15) is 5.26 Å². The third-order valence-corrected chi connectivity index (χ3v) is 3.74. The monoisotopic (exact) mass is 301 g/mol. The molecule has 1 aromatic rings. The molecule has 0 bridgehead atoms. The number of carbonyl (C=O) groups is 3. The highest BCUT2D eigenvalue weighted by Crippen LogP contribution is 2.19. The van der Waals surface area contributed by atoms with Crippen molar-refractivity contribution in [2.45, 2.75) is 31.8 Å². The summed E-state index contributed by atoms with van der Waals surface area (Å²) in [6.07, 6.45) is 0.553. The van der Waals surface area contributed by atoms with E-state index in [9.17, 15) is 19.5 Å². The first-order chi connectivity index (χ1) is 10.4. The van der Waals surface area contributed by atoms with Crippen molar-refractivity contribution in [1.82, 2.24) is 10.6 Å². The number of amides is 2. The summed E-state index contributed by atoms with van der Waals surface area (Å²) in [4.78, 5) is 34.3. The Labute approximate surface area is 126 Å². The quantitative estimate of drug-likeness (QED) is 0.698. The molecular formula is C15H15N3O4. The lowest BCUT2D eigenvalue weighted by atomic mass is 9.90. The summed E-state index contributed by atoms with van der Waals surface area (Å²) in [6.45, 7) is 1.76. The molecule has 0 spiro atoms. The van der Waals surface area contributed by atoms with Crippen LogP contribution in [-0.2, 0) is 16.1 Å². The molecular weight excluding hydrogens is 286 g/mol. The topological polar surface area (TPSA) is 119 Å². The fourth-order valence-corrected chi connectivity index (χ4v) is 2.28. The van der Waals surface area contributed by atoms with E-state index in [0.29, 0.717) is 17.5 Å². The molecule has 1 saturated heterocycles. The van der Waals surface area contributed by atoms with Crippen LogP contribution in [0.25, 0.3) is 0 Å². The molecule has 0 unspecified atom stereocenters. The molecule has 0 radical (unpaired) electrons. The molecule has 3 N–H and O–H groups in total. The second-order valence-corrected chi connectivity index (χ2v) is 5.35. The van der Waals surface area contributed by atoms with E-state index < -0.39 is 17.4 Å². The van der Waals surface area contributed by atoms with Gasteiger partial charge < -0.3 is 5.11 Å². The Kier molecular flexibility index (Phi) is 4.24. The molecule has 7 nitrogen and oxygen atoms in total. The Morgan fingerprint density at radius 3 is 2.82 bits per heavy atom. The van der Waals surface area contributed by atoms with Gasteiger partial charge in [-0.05, 0) is 37.1 Å². The molecule has 0 aromatic heterocycles. The third kappa shape index (κ3) is 3.13. The van der Waals surface area contributed by atoms with Crippen molar-refractivity contribution in [1.29, 1.82) is 5.26 Å². The number of rotatable bonds is 4. The van der Waals surface area contributed by atoms with E-state index in [1.165, 1.54) is 18.2 Å². The van der Waals surface area contributed by atoms with Crippen LogP contribution in [0.2, 0.25) is 0 Å². The van der Waals surface area contributed by atoms with Crippen molar-refractivity contribution in [3.63, 3.8) is 0 Å². The number of hydrogen-bond donors (Lipinski definition) is 3. The van der Waals surface area contributed by atoms with Gasteiger partial charge in [0.2, 0.25) is 11.8 Å². The Balaban J connectivity index is 2.20. The molecule has 22 heavy (non-hydrogen) atoms. The summed E-state index contributed by atoms with van der Waals surface area (Å²) in [7, 11) is 0. The SMILES string of the molecule is C[C@]1(NCc2cc(C#N)ccc2C(=O)O)CCC(=O)NC1=O. The standard InChI is InChI=1S/C15H15N3O4/c1-15(5-4-12(19)18-14(15)22)17-8-10-6-9(7-16)2-3-11(10)13(20)21/h2-3,6,17H,4-5,8H2,1H3,(H,20,21)(H,18,19,22)/t15-/m0/s1. The van der Waals surface area contributed by atoms with E-state index in [2.05, 4.69) is 10.6 Å². The van der Waals surface area contributed by atoms with Gasteiger partial charge in [0.25, 0.3) is 0 Å². The van der Waals surface area contributed by atoms with Gasteiger partial charge in [0.15, 0.2) is 0 Å². The molecule has 1 atom stereocenters. The average molecular weight is 301 g/mol. The van der Waals surface area contributed by atoms with E-state index >= 15 is 0 Å². The summed E-state index contributed by atoms with van der Waals surface area (Å²) in [5.74, 6) is -1.85. The number of hydrogen-bond acceptors (Lipinski definition) is 5. The van der Waals surface area contributed by atoms with Crippen LogP contribution in [0.1, 0.15) is 41.3 Å². The van der Waals surface area contributed by atoms with E-state index in [-0.39, 0.29) is 24.4 Å². The number of carboxylic acids is 1. The van der Waals surface area contributed by atoms with Gasteiger partial charge in [0.1, 0.15) is 0 Å².